The van der Waals surface area contributed by atoms with Crippen molar-refractivity contribution in [2.45, 2.75) is 45.4 Å². The zero-order valence-corrected chi connectivity index (χ0v) is 16.6. The summed E-state index contributed by atoms with van der Waals surface area (Å²) in [7, 11) is 1.69. The number of carbonyl (C=O) groups excluding carboxylic acids is 1. The van der Waals surface area contributed by atoms with Crippen LogP contribution >= 0.6 is 11.3 Å². The largest absolute Gasteiger partial charge is 0.481 e. The summed E-state index contributed by atoms with van der Waals surface area (Å²) in [6.07, 6.45) is 6.64. The summed E-state index contributed by atoms with van der Waals surface area (Å²) in [6, 6.07) is 5.26. The summed E-state index contributed by atoms with van der Waals surface area (Å²) >= 11 is 1.42. The molecule has 2 amide bonds. The molecule has 0 aromatic carbocycles. The number of nitrogens with one attached hydrogen (secondary N) is 1. The second-order valence-corrected chi connectivity index (χ2v) is 7.37. The molecular formula is C19H26N4O3S. The van der Waals surface area contributed by atoms with Gasteiger partial charge in [0.2, 0.25) is 0 Å². The quantitative estimate of drug-likeness (QED) is 0.599. The van der Waals surface area contributed by atoms with Gasteiger partial charge in [-0.15, -0.1) is 11.3 Å². The van der Waals surface area contributed by atoms with Gasteiger partial charge in [-0.3, -0.25) is 9.69 Å². The third-order valence-corrected chi connectivity index (χ3v) is 5.13. The van der Waals surface area contributed by atoms with E-state index in [4.69, 9.17) is 5.11 Å². The first-order chi connectivity index (χ1) is 13.0. The van der Waals surface area contributed by atoms with Crippen molar-refractivity contribution < 1.29 is 14.7 Å². The monoisotopic (exact) mass is 390 g/mol. The molecule has 27 heavy (non-hydrogen) atoms. The number of hydrogen-bond donors (Lipinski definition) is 2. The molecular weight excluding hydrogens is 364 g/mol. The average Bonchev–Trinajstić information content (AvgIpc) is 3.14. The summed E-state index contributed by atoms with van der Waals surface area (Å²) in [6.45, 7) is 2.81. The molecule has 0 bridgehead atoms. The van der Waals surface area contributed by atoms with Crippen molar-refractivity contribution in [3.05, 3.63) is 29.3 Å². The number of anilines is 1. The van der Waals surface area contributed by atoms with Crippen molar-refractivity contribution in [2.75, 3.05) is 18.5 Å². The Bertz CT molecular complexity index is 763. The molecule has 0 radical (unpaired) electrons. The molecule has 0 aliphatic carbocycles. The predicted molar refractivity (Wildman–Crippen MR) is 107 cm³/mol. The highest BCUT2D eigenvalue weighted by Crippen LogP contribution is 2.26. The lowest BCUT2D eigenvalue weighted by Crippen LogP contribution is -2.38. The van der Waals surface area contributed by atoms with Gasteiger partial charge in [0.25, 0.3) is 0 Å². The molecule has 0 fully saturated rings. The number of unbranched alkanes of at least 4 members (excludes halogenated alkanes) is 3. The number of pyridine rings is 1. The Morgan fingerprint density at radius 2 is 2.07 bits per heavy atom. The van der Waals surface area contributed by atoms with Crippen LogP contribution in [0.2, 0.25) is 0 Å². The molecule has 2 heterocycles. The first-order valence-corrected chi connectivity index (χ1v) is 9.98. The number of carboxylic acid groups (broad SMARTS) is 1. The van der Waals surface area contributed by atoms with Crippen molar-refractivity contribution in [2.24, 2.45) is 0 Å². The molecule has 2 aromatic rings. The third kappa shape index (κ3) is 6.63. The number of thiazole rings is 1. The highest BCUT2D eigenvalue weighted by molar-refractivity contribution is 7.15. The third-order valence-electron chi connectivity index (χ3n) is 4.05. The van der Waals surface area contributed by atoms with E-state index < -0.39 is 5.97 Å². The fourth-order valence-electron chi connectivity index (χ4n) is 2.47. The van der Waals surface area contributed by atoms with Crippen molar-refractivity contribution >= 4 is 29.2 Å². The van der Waals surface area contributed by atoms with Crippen LogP contribution < -0.4 is 10.2 Å². The fraction of sp³-hybridized carbons (Fsp3) is 0.474. The maximum absolute atomic E-state index is 12.3. The van der Waals surface area contributed by atoms with Gasteiger partial charge in [-0.1, -0.05) is 32.3 Å². The number of aliphatic carboxylic acids is 1. The zero-order valence-electron chi connectivity index (χ0n) is 15.8. The van der Waals surface area contributed by atoms with E-state index in [-0.39, 0.29) is 12.5 Å². The van der Waals surface area contributed by atoms with Gasteiger partial charge >= 0.3 is 12.0 Å². The van der Waals surface area contributed by atoms with E-state index in [9.17, 15) is 9.59 Å². The first kappa shape index (κ1) is 20.8. The first-order valence-electron chi connectivity index (χ1n) is 9.16. The molecule has 146 valence electrons. The van der Waals surface area contributed by atoms with Gasteiger partial charge in [0.15, 0.2) is 0 Å². The average molecular weight is 391 g/mol. The van der Waals surface area contributed by atoms with Gasteiger partial charge in [-0.05, 0) is 25.0 Å². The summed E-state index contributed by atoms with van der Waals surface area (Å²) in [5.74, 6) is -0.284. The van der Waals surface area contributed by atoms with Crippen LogP contribution in [0.25, 0.3) is 10.7 Å². The highest BCUT2D eigenvalue weighted by Gasteiger charge is 2.14. The molecule has 2 rings (SSSR count). The Hall–Kier alpha value is -2.48. The minimum absolute atomic E-state index is 0.0796. The minimum atomic E-state index is -0.826. The Balaban J connectivity index is 1.97. The summed E-state index contributed by atoms with van der Waals surface area (Å²) < 4.78 is 0. The second kappa shape index (κ2) is 10.6. The molecule has 0 saturated heterocycles. The van der Waals surface area contributed by atoms with Crippen LogP contribution in [0.15, 0.2) is 24.4 Å². The van der Waals surface area contributed by atoms with Crippen molar-refractivity contribution in [3.8, 4) is 10.7 Å². The summed E-state index contributed by atoms with van der Waals surface area (Å²) in [5.41, 5.74) is 0.668. The fourth-order valence-corrected chi connectivity index (χ4v) is 3.35. The maximum Gasteiger partial charge on any atom is 0.322 e. The van der Waals surface area contributed by atoms with Crippen LogP contribution in [0.5, 0.6) is 0 Å². The molecule has 0 atom stereocenters. The topological polar surface area (TPSA) is 95.4 Å². The van der Waals surface area contributed by atoms with Crippen LogP contribution in [0.3, 0.4) is 0 Å². The molecule has 0 aliphatic heterocycles. The molecule has 2 aromatic heterocycles. The van der Waals surface area contributed by atoms with Crippen molar-refractivity contribution in [1.29, 1.82) is 0 Å². The highest BCUT2D eigenvalue weighted by atomic mass is 32.1. The number of aromatic nitrogens is 2. The Kier molecular flexibility index (Phi) is 8.19. The minimum Gasteiger partial charge on any atom is -0.481 e. The van der Waals surface area contributed by atoms with Gasteiger partial charge < -0.3 is 10.4 Å². The smallest absolute Gasteiger partial charge is 0.322 e. The van der Waals surface area contributed by atoms with Crippen LogP contribution in [-0.4, -0.2) is 40.7 Å². The van der Waals surface area contributed by atoms with Gasteiger partial charge in [-0.2, -0.15) is 0 Å². The Labute approximate surface area is 163 Å². The van der Waals surface area contributed by atoms with E-state index in [1.54, 1.807) is 19.3 Å². The lowest BCUT2D eigenvalue weighted by atomic mass is 10.2. The van der Waals surface area contributed by atoms with E-state index in [2.05, 4.69) is 22.2 Å². The Morgan fingerprint density at radius 3 is 2.81 bits per heavy atom. The van der Waals surface area contributed by atoms with Crippen LogP contribution in [0, 0.1) is 0 Å². The number of hydrogen-bond acceptors (Lipinski definition) is 5. The maximum atomic E-state index is 12.3. The van der Waals surface area contributed by atoms with Gasteiger partial charge in [0.05, 0.1) is 6.42 Å². The SMILES string of the molecule is CCCCCCNC(=O)N(C)c1cccc(-c2ncc(CCC(=O)O)s2)n1. The zero-order chi connectivity index (χ0) is 19.6. The molecule has 0 aliphatic rings. The Morgan fingerprint density at radius 1 is 1.26 bits per heavy atom. The van der Waals surface area contributed by atoms with Gasteiger partial charge in [-0.25, -0.2) is 14.8 Å². The number of nitrogens with zero attached hydrogens (tertiary/aromatic N) is 3. The number of urea groups is 1. The number of carboxylic acids is 1. The van der Waals surface area contributed by atoms with Crippen LogP contribution in [0.1, 0.15) is 43.9 Å². The van der Waals surface area contributed by atoms with E-state index in [0.717, 1.165) is 17.7 Å². The summed E-state index contributed by atoms with van der Waals surface area (Å²) in [5, 5.41) is 12.4. The van der Waals surface area contributed by atoms with Crippen LogP contribution in [-0.2, 0) is 11.2 Å². The molecule has 0 unspecified atom stereocenters. The number of rotatable bonds is 10. The van der Waals surface area contributed by atoms with E-state index in [1.165, 1.54) is 29.1 Å². The normalized spacial score (nSPS) is 10.6. The molecule has 0 spiro atoms. The van der Waals surface area contributed by atoms with Crippen molar-refractivity contribution in [1.82, 2.24) is 15.3 Å². The second-order valence-electron chi connectivity index (χ2n) is 6.26. The molecule has 7 nitrogen and oxygen atoms in total. The van der Waals surface area contributed by atoms with E-state index in [0.29, 0.717) is 29.5 Å². The van der Waals surface area contributed by atoms with Crippen LogP contribution in [0.4, 0.5) is 10.6 Å². The molecule has 0 saturated carbocycles. The van der Waals surface area contributed by atoms with E-state index >= 15 is 0 Å². The number of amides is 2. The van der Waals surface area contributed by atoms with Gasteiger partial charge in [0, 0.05) is 24.7 Å². The standard InChI is InChI=1S/C19H26N4O3S/c1-3-4-5-6-12-20-19(26)23(2)16-9-7-8-15(22-16)18-21-13-14(27-18)10-11-17(24)25/h7-9,13H,3-6,10-12H2,1-2H3,(H,20,26)(H,24,25). The lowest BCUT2D eigenvalue weighted by molar-refractivity contribution is -0.136. The molecule has 2 N–H and O–H groups in total. The molecule has 8 heteroatoms. The van der Waals surface area contributed by atoms with E-state index in [1.807, 2.05) is 12.1 Å². The van der Waals surface area contributed by atoms with Crippen molar-refractivity contribution in [3.63, 3.8) is 0 Å². The number of aryl methyl sites for hydroxylation is 1. The number of carbonyl (C=O) groups is 2. The predicted octanol–water partition coefficient (Wildman–Crippen LogP) is 3.95. The van der Waals surface area contributed by atoms with Gasteiger partial charge in [0.1, 0.15) is 16.5 Å². The summed E-state index contributed by atoms with van der Waals surface area (Å²) in [4.78, 5) is 34.2. The lowest BCUT2D eigenvalue weighted by Gasteiger charge is -2.17.